The molecule has 0 saturated heterocycles. The molecule has 0 spiro atoms. The minimum atomic E-state index is -0.296. The van der Waals surface area contributed by atoms with Crippen LogP contribution < -0.4 is 0 Å². The number of hydrogen-bond acceptors (Lipinski definition) is 1. The van der Waals surface area contributed by atoms with Gasteiger partial charge < -0.3 is 0 Å². The van der Waals surface area contributed by atoms with Gasteiger partial charge in [-0.3, -0.25) is 9.07 Å². The summed E-state index contributed by atoms with van der Waals surface area (Å²) in [7, 11) is 0. The lowest BCUT2D eigenvalue weighted by molar-refractivity contribution is 0.434. The van der Waals surface area contributed by atoms with E-state index in [-0.39, 0.29) is 6.67 Å². The first-order valence-electron chi connectivity index (χ1n) is 3.50. The molecule has 62 valence electrons. The average Bonchev–Trinajstić information content (AvgIpc) is 2.48. The minimum Gasteiger partial charge on any atom is -0.272 e. The molecule has 0 radical (unpaired) electrons. The molecule has 1 aromatic heterocycles. The first kappa shape index (κ1) is 8.53. The number of halogens is 2. The van der Waals surface area contributed by atoms with Crippen molar-refractivity contribution < 1.29 is 4.39 Å². The molecular weight excluding hydrogens is 167 g/mol. The van der Waals surface area contributed by atoms with Crippen LogP contribution in [-0.2, 0) is 12.4 Å². The zero-order valence-electron chi connectivity index (χ0n) is 6.13. The van der Waals surface area contributed by atoms with Crippen LogP contribution in [0.3, 0.4) is 0 Å². The van der Waals surface area contributed by atoms with Crippen molar-refractivity contribution in [3.63, 3.8) is 0 Å². The van der Waals surface area contributed by atoms with E-state index in [1.54, 1.807) is 10.9 Å². The van der Waals surface area contributed by atoms with Gasteiger partial charge in [-0.05, 0) is 6.42 Å². The van der Waals surface area contributed by atoms with Gasteiger partial charge in [0.05, 0.1) is 18.8 Å². The Labute approximate surface area is 70.0 Å². The molecule has 1 rings (SSSR count). The van der Waals surface area contributed by atoms with E-state index in [4.69, 9.17) is 11.6 Å². The maximum atomic E-state index is 11.7. The first-order chi connectivity index (χ1) is 5.36. The Bertz CT molecular complexity index is 212. The van der Waals surface area contributed by atoms with Gasteiger partial charge >= 0.3 is 0 Å². The molecule has 0 aliphatic rings. The number of nitrogens with zero attached hydrogens (tertiary/aromatic N) is 2. The van der Waals surface area contributed by atoms with E-state index < -0.39 is 0 Å². The maximum absolute atomic E-state index is 11.7. The summed E-state index contributed by atoms with van der Waals surface area (Å²) in [6.45, 7) is 0.337. The molecule has 0 bridgehead atoms. The quantitative estimate of drug-likeness (QED) is 0.642. The van der Waals surface area contributed by atoms with Crippen molar-refractivity contribution in [2.75, 3.05) is 6.67 Å². The molecule has 11 heavy (non-hydrogen) atoms. The fourth-order valence-electron chi connectivity index (χ4n) is 0.819. The summed E-state index contributed by atoms with van der Waals surface area (Å²) in [4.78, 5) is 0. The van der Waals surface area contributed by atoms with E-state index in [0.29, 0.717) is 18.8 Å². The van der Waals surface area contributed by atoms with Gasteiger partial charge in [0.25, 0.3) is 0 Å². The number of rotatable bonds is 4. The second-order valence-electron chi connectivity index (χ2n) is 2.29. The van der Waals surface area contributed by atoms with Gasteiger partial charge in [0.15, 0.2) is 0 Å². The molecule has 0 aliphatic heterocycles. The maximum Gasteiger partial charge on any atom is 0.0912 e. The van der Waals surface area contributed by atoms with Crippen molar-refractivity contribution in [2.45, 2.75) is 18.8 Å². The number of alkyl halides is 2. The third-order valence-electron chi connectivity index (χ3n) is 1.36. The molecule has 0 atom stereocenters. The Morgan fingerprint density at radius 1 is 1.64 bits per heavy atom. The van der Waals surface area contributed by atoms with Crippen molar-refractivity contribution in [3.05, 3.63) is 18.0 Å². The third kappa shape index (κ3) is 2.50. The van der Waals surface area contributed by atoms with Gasteiger partial charge in [-0.15, -0.1) is 11.6 Å². The predicted octanol–water partition coefficient (Wildman–Crippen LogP) is 1.98. The SMILES string of the molecule is FCCCn1cc(CCl)cn1. The summed E-state index contributed by atoms with van der Waals surface area (Å²) in [5.41, 5.74) is 0.977. The Balaban J connectivity index is 2.44. The molecule has 0 fully saturated rings. The Hall–Kier alpha value is -0.570. The van der Waals surface area contributed by atoms with Gasteiger partial charge in [0.1, 0.15) is 0 Å². The van der Waals surface area contributed by atoms with E-state index in [2.05, 4.69) is 5.10 Å². The molecular formula is C7H10ClFN2. The molecule has 0 N–H and O–H groups in total. The van der Waals surface area contributed by atoms with Crippen molar-refractivity contribution in [2.24, 2.45) is 0 Å². The topological polar surface area (TPSA) is 17.8 Å². The van der Waals surface area contributed by atoms with Gasteiger partial charge in [-0.25, -0.2) is 0 Å². The monoisotopic (exact) mass is 176 g/mol. The highest BCUT2D eigenvalue weighted by atomic mass is 35.5. The lowest BCUT2D eigenvalue weighted by Gasteiger charge is -1.95. The van der Waals surface area contributed by atoms with Crippen molar-refractivity contribution in [1.29, 1.82) is 0 Å². The number of aryl methyl sites for hydroxylation is 1. The van der Waals surface area contributed by atoms with E-state index in [0.717, 1.165) is 5.56 Å². The average molecular weight is 177 g/mol. The highest BCUT2D eigenvalue weighted by molar-refractivity contribution is 6.17. The molecule has 0 saturated carbocycles. The summed E-state index contributed by atoms with van der Waals surface area (Å²) in [5, 5.41) is 3.99. The summed E-state index contributed by atoms with van der Waals surface area (Å²) < 4.78 is 13.4. The zero-order chi connectivity index (χ0) is 8.10. The van der Waals surface area contributed by atoms with Gasteiger partial charge in [-0.2, -0.15) is 5.10 Å². The Kier molecular flexibility index (Phi) is 3.36. The van der Waals surface area contributed by atoms with E-state index >= 15 is 0 Å². The van der Waals surface area contributed by atoms with Crippen LogP contribution >= 0.6 is 11.6 Å². The van der Waals surface area contributed by atoms with Gasteiger partial charge in [0.2, 0.25) is 0 Å². The summed E-state index contributed by atoms with van der Waals surface area (Å²) in [6.07, 6.45) is 4.05. The largest absolute Gasteiger partial charge is 0.272 e. The Morgan fingerprint density at radius 2 is 2.45 bits per heavy atom. The van der Waals surface area contributed by atoms with Crippen LogP contribution in [0.15, 0.2) is 12.4 Å². The van der Waals surface area contributed by atoms with Crippen LogP contribution in [0, 0.1) is 0 Å². The molecule has 0 amide bonds. The van der Waals surface area contributed by atoms with Gasteiger partial charge in [0, 0.05) is 18.3 Å². The smallest absolute Gasteiger partial charge is 0.0912 e. The molecule has 1 heterocycles. The van der Waals surface area contributed by atoms with Crippen LogP contribution in [0.5, 0.6) is 0 Å². The van der Waals surface area contributed by atoms with E-state index in [1.165, 1.54) is 0 Å². The third-order valence-corrected chi connectivity index (χ3v) is 1.67. The summed E-state index contributed by atoms with van der Waals surface area (Å²) in [5.74, 6) is 0.468. The van der Waals surface area contributed by atoms with Crippen molar-refractivity contribution in [1.82, 2.24) is 9.78 Å². The lowest BCUT2D eigenvalue weighted by Crippen LogP contribution is -1.98. The summed E-state index contributed by atoms with van der Waals surface area (Å²) in [6, 6.07) is 0. The number of hydrogen-bond donors (Lipinski definition) is 0. The Morgan fingerprint density at radius 3 is 3.00 bits per heavy atom. The van der Waals surface area contributed by atoms with Crippen LogP contribution in [0.1, 0.15) is 12.0 Å². The predicted molar refractivity (Wildman–Crippen MR) is 42.4 cm³/mol. The molecule has 0 unspecified atom stereocenters. The van der Waals surface area contributed by atoms with Crippen LogP contribution in [0.4, 0.5) is 4.39 Å². The second kappa shape index (κ2) is 4.34. The van der Waals surface area contributed by atoms with Crippen molar-refractivity contribution in [3.8, 4) is 0 Å². The second-order valence-corrected chi connectivity index (χ2v) is 2.56. The van der Waals surface area contributed by atoms with Crippen LogP contribution in [0.2, 0.25) is 0 Å². The molecule has 2 nitrogen and oxygen atoms in total. The normalized spacial score (nSPS) is 10.4. The molecule has 0 aromatic carbocycles. The van der Waals surface area contributed by atoms with E-state index in [9.17, 15) is 4.39 Å². The molecule has 0 aliphatic carbocycles. The van der Waals surface area contributed by atoms with Crippen LogP contribution in [-0.4, -0.2) is 16.5 Å². The minimum absolute atomic E-state index is 0.296. The van der Waals surface area contributed by atoms with E-state index in [1.807, 2.05) is 6.20 Å². The number of aromatic nitrogens is 2. The molecule has 4 heteroatoms. The summed E-state index contributed by atoms with van der Waals surface area (Å²) >= 11 is 5.55. The zero-order valence-corrected chi connectivity index (χ0v) is 6.89. The lowest BCUT2D eigenvalue weighted by atomic mass is 10.4. The highest BCUT2D eigenvalue weighted by Crippen LogP contribution is 2.01. The van der Waals surface area contributed by atoms with Crippen LogP contribution in [0.25, 0.3) is 0 Å². The fraction of sp³-hybridized carbons (Fsp3) is 0.571. The molecule has 1 aromatic rings. The standard InChI is InChI=1S/C7H10ClFN2/c8-4-7-5-10-11(6-7)3-1-2-9/h5-6H,1-4H2. The fourth-order valence-corrected chi connectivity index (χ4v) is 0.957. The van der Waals surface area contributed by atoms with Crippen molar-refractivity contribution >= 4 is 11.6 Å². The first-order valence-corrected chi connectivity index (χ1v) is 4.03. The highest BCUT2D eigenvalue weighted by Gasteiger charge is 1.95. The van der Waals surface area contributed by atoms with Gasteiger partial charge in [-0.1, -0.05) is 0 Å².